The zero-order chi connectivity index (χ0) is 26.9. The van der Waals surface area contributed by atoms with Gasteiger partial charge in [-0.15, -0.1) is 0 Å². The van der Waals surface area contributed by atoms with Crippen LogP contribution in [0.25, 0.3) is 11.1 Å². The number of alkyl halides is 2. The van der Waals surface area contributed by atoms with E-state index in [9.17, 15) is 22.8 Å². The number of carbonyl (C=O) groups excluding carboxylic acids is 2. The molecular weight excluding hydrogens is 529 g/mol. The molecule has 0 saturated carbocycles. The van der Waals surface area contributed by atoms with Gasteiger partial charge in [-0.05, 0) is 60.4 Å². The maximum absolute atomic E-state index is 15.6. The van der Waals surface area contributed by atoms with E-state index >= 15 is 4.39 Å². The highest BCUT2D eigenvalue weighted by atomic mass is 35.5. The first-order valence-corrected chi connectivity index (χ1v) is 13.9. The number of urea groups is 1. The molecule has 0 radical (unpaired) electrons. The molecule has 3 amide bonds. The first-order valence-electron chi connectivity index (χ1n) is 11.3. The predicted molar refractivity (Wildman–Crippen MR) is 140 cm³/mol. The molecule has 0 bridgehead atoms. The Hall–Kier alpha value is -3.16. The summed E-state index contributed by atoms with van der Waals surface area (Å²) in [6.45, 7) is 3.97. The second-order valence-corrected chi connectivity index (χ2v) is 11.3. The zero-order valence-electron chi connectivity index (χ0n) is 19.9. The van der Waals surface area contributed by atoms with Gasteiger partial charge >= 0.3 is 6.03 Å². The molecule has 194 valence electrons. The number of benzene rings is 3. The van der Waals surface area contributed by atoms with Crippen molar-refractivity contribution in [1.82, 2.24) is 5.32 Å². The monoisotopic (exact) mass is 551 g/mol. The third-order valence-electron chi connectivity index (χ3n) is 6.03. The Bertz CT molecular complexity index is 1360. The van der Waals surface area contributed by atoms with Crippen LogP contribution in [-0.4, -0.2) is 37.9 Å². The van der Waals surface area contributed by atoms with E-state index in [0.717, 1.165) is 16.3 Å². The van der Waals surface area contributed by atoms with Crippen LogP contribution in [0.1, 0.15) is 18.4 Å². The smallest absolute Gasteiger partial charge is 0.319 e. The molecule has 1 atom stereocenters. The largest absolute Gasteiger partial charge is 0.326 e. The van der Waals surface area contributed by atoms with Gasteiger partial charge in [-0.3, -0.25) is 4.79 Å². The summed E-state index contributed by atoms with van der Waals surface area (Å²) >= 11 is 5.70. The summed E-state index contributed by atoms with van der Waals surface area (Å²) in [7, 11) is -0.650. The molecule has 3 aromatic carbocycles. The molecular formula is C26H23ClF4N3O2P. The fourth-order valence-electron chi connectivity index (χ4n) is 4.29. The molecule has 0 aromatic heterocycles. The minimum absolute atomic E-state index is 0.00381. The zero-order valence-corrected chi connectivity index (χ0v) is 21.5. The number of rotatable bonds is 6. The number of anilines is 2. The Kier molecular flexibility index (Phi) is 8.05. The lowest BCUT2D eigenvalue weighted by molar-refractivity contribution is -0.118. The van der Waals surface area contributed by atoms with Crippen LogP contribution in [0.4, 0.5) is 33.7 Å². The molecule has 1 unspecified atom stereocenters. The summed E-state index contributed by atoms with van der Waals surface area (Å²) in [4.78, 5) is 26.3. The van der Waals surface area contributed by atoms with Gasteiger partial charge < -0.3 is 15.5 Å². The summed E-state index contributed by atoms with van der Waals surface area (Å²) in [5.41, 5.74) is -0.603. The number of hydrogen-bond acceptors (Lipinski definition) is 2. The summed E-state index contributed by atoms with van der Waals surface area (Å²) in [6, 6.07) is 11.5. The molecule has 4 rings (SSSR count). The lowest BCUT2D eigenvalue weighted by Crippen LogP contribution is -2.43. The topological polar surface area (TPSA) is 61.4 Å². The van der Waals surface area contributed by atoms with Crippen LogP contribution in [0, 0.1) is 11.6 Å². The van der Waals surface area contributed by atoms with E-state index < -0.39 is 49.5 Å². The van der Waals surface area contributed by atoms with Crippen molar-refractivity contribution < 1.29 is 27.2 Å². The SMILES string of the molecule is CP(C)c1ccccc1-c1ccc(N2CCC(NC(=O)Nc3ccc(Cl)cc3F)C2=O)c(F)c1C(F)F. The third kappa shape index (κ3) is 5.58. The molecule has 1 fully saturated rings. The molecule has 5 nitrogen and oxygen atoms in total. The van der Waals surface area contributed by atoms with Crippen molar-refractivity contribution in [1.29, 1.82) is 0 Å². The van der Waals surface area contributed by atoms with Crippen molar-refractivity contribution in [2.24, 2.45) is 0 Å². The number of amides is 3. The number of nitrogens with one attached hydrogen (secondary N) is 2. The molecule has 37 heavy (non-hydrogen) atoms. The number of nitrogens with zero attached hydrogens (tertiary/aromatic N) is 1. The maximum Gasteiger partial charge on any atom is 0.319 e. The average Bonchev–Trinajstić information content (AvgIpc) is 3.19. The first-order chi connectivity index (χ1) is 17.6. The molecule has 3 aromatic rings. The summed E-state index contributed by atoms with van der Waals surface area (Å²) < 4.78 is 57.8. The minimum Gasteiger partial charge on any atom is -0.326 e. The number of carbonyl (C=O) groups is 2. The normalized spacial score (nSPS) is 15.5. The molecule has 1 aliphatic rings. The van der Waals surface area contributed by atoms with Crippen molar-refractivity contribution in [3.63, 3.8) is 0 Å². The van der Waals surface area contributed by atoms with Gasteiger partial charge in [0.25, 0.3) is 6.43 Å². The van der Waals surface area contributed by atoms with E-state index in [0.29, 0.717) is 5.56 Å². The second-order valence-electron chi connectivity index (χ2n) is 8.63. The highest BCUT2D eigenvalue weighted by molar-refractivity contribution is 7.64. The number of halogens is 5. The average molecular weight is 552 g/mol. The van der Waals surface area contributed by atoms with Crippen LogP contribution in [-0.2, 0) is 4.79 Å². The molecule has 1 aliphatic heterocycles. The Balaban J connectivity index is 1.58. The fraction of sp³-hybridized carbons (Fsp3) is 0.231. The third-order valence-corrected chi connectivity index (χ3v) is 7.62. The molecule has 0 aliphatic carbocycles. The Morgan fingerprint density at radius 1 is 1.08 bits per heavy atom. The van der Waals surface area contributed by atoms with Gasteiger partial charge in [0, 0.05) is 11.6 Å². The fourth-order valence-corrected chi connectivity index (χ4v) is 5.51. The summed E-state index contributed by atoms with van der Waals surface area (Å²) in [5.74, 6) is -2.60. The molecule has 2 N–H and O–H groups in total. The van der Waals surface area contributed by atoms with E-state index in [1.54, 1.807) is 18.2 Å². The standard InChI is InChI=1S/C26H23ClF4N3O2P/c1-37(2)21-6-4-3-5-15(21)16-8-10-20(23(29)22(16)24(30)31)34-12-11-19(25(34)35)33-26(36)32-18-9-7-14(27)13-17(18)28/h3-10,13,19,24H,11-12H2,1-2H3,(H2,32,33,36). The maximum atomic E-state index is 15.6. The van der Waals surface area contributed by atoms with Gasteiger partial charge in [0.2, 0.25) is 5.91 Å². The van der Waals surface area contributed by atoms with Crippen LogP contribution in [0.2, 0.25) is 5.02 Å². The van der Waals surface area contributed by atoms with Gasteiger partial charge in [-0.25, -0.2) is 22.4 Å². The van der Waals surface area contributed by atoms with Crippen LogP contribution in [0.15, 0.2) is 54.6 Å². The quantitative estimate of drug-likeness (QED) is 0.271. The highest BCUT2D eigenvalue weighted by Crippen LogP contribution is 2.40. The molecule has 1 saturated heterocycles. The van der Waals surface area contributed by atoms with Crippen molar-refractivity contribution in [2.75, 3.05) is 30.1 Å². The Morgan fingerprint density at radius 3 is 2.49 bits per heavy atom. The van der Waals surface area contributed by atoms with Gasteiger partial charge in [0.15, 0.2) is 5.82 Å². The van der Waals surface area contributed by atoms with Gasteiger partial charge in [-0.1, -0.05) is 49.9 Å². The highest BCUT2D eigenvalue weighted by Gasteiger charge is 2.36. The molecule has 0 spiro atoms. The predicted octanol–water partition coefficient (Wildman–Crippen LogP) is 6.52. The van der Waals surface area contributed by atoms with Crippen molar-refractivity contribution in [2.45, 2.75) is 18.9 Å². The minimum atomic E-state index is -3.12. The van der Waals surface area contributed by atoms with E-state index in [1.165, 1.54) is 24.3 Å². The second kappa shape index (κ2) is 11.1. The van der Waals surface area contributed by atoms with E-state index in [1.807, 2.05) is 19.4 Å². The van der Waals surface area contributed by atoms with Crippen LogP contribution < -0.4 is 20.8 Å². The lowest BCUT2D eigenvalue weighted by Gasteiger charge is -2.22. The van der Waals surface area contributed by atoms with E-state index in [4.69, 9.17) is 11.6 Å². The van der Waals surface area contributed by atoms with Crippen molar-refractivity contribution in [3.05, 3.63) is 76.8 Å². The molecule has 11 heteroatoms. The summed E-state index contributed by atoms with van der Waals surface area (Å²) in [6.07, 6.45) is -3.01. The Labute approximate surface area is 217 Å². The summed E-state index contributed by atoms with van der Waals surface area (Å²) in [5, 5.41) is 5.72. The Morgan fingerprint density at radius 2 is 1.81 bits per heavy atom. The van der Waals surface area contributed by atoms with Crippen LogP contribution in [0.3, 0.4) is 0 Å². The van der Waals surface area contributed by atoms with Gasteiger partial charge in [-0.2, -0.15) is 0 Å². The van der Waals surface area contributed by atoms with E-state index in [-0.39, 0.29) is 34.9 Å². The molecule has 1 heterocycles. The van der Waals surface area contributed by atoms with Crippen molar-refractivity contribution >= 4 is 48.1 Å². The van der Waals surface area contributed by atoms with Crippen LogP contribution >= 0.6 is 19.5 Å². The first kappa shape index (κ1) is 26.9. The number of hydrogen-bond donors (Lipinski definition) is 2. The van der Waals surface area contributed by atoms with Gasteiger partial charge in [0.1, 0.15) is 11.9 Å². The van der Waals surface area contributed by atoms with Crippen LogP contribution in [0.5, 0.6) is 0 Å². The van der Waals surface area contributed by atoms with Gasteiger partial charge in [0.05, 0.1) is 16.9 Å². The van der Waals surface area contributed by atoms with Crippen molar-refractivity contribution in [3.8, 4) is 11.1 Å². The lowest BCUT2D eigenvalue weighted by atomic mass is 9.98. The van der Waals surface area contributed by atoms with E-state index in [2.05, 4.69) is 10.6 Å².